The fourth-order valence-electron chi connectivity index (χ4n) is 2.33. The first-order valence-electron chi connectivity index (χ1n) is 7.61. The number of rotatable bonds is 4. The number of imide groups is 1. The number of thioether (sulfide) groups is 1. The van der Waals surface area contributed by atoms with E-state index in [2.05, 4.69) is 22.0 Å². The van der Waals surface area contributed by atoms with Crippen molar-refractivity contribution in [2.75, 3.05) is 7.05 Å². The van der Waals surface area contributed by atoms with Crippen LogP contribution >= 0.6 is 27.7 Å². The lowest BCUT2D eigenvalue weighted by molar-refractivity contribution is -0.121. The molecule has 7 heteroatoms. The van der Waals surface area contributed by atoms with Crippen LogP contribution in [0.1, 0.15) is 16.7 Å². The summed E-state index contributed by atoms with van der Waals surface area (Å²) in [5, 5.41) is 8.84. The molecule has 130 valence electrons. The van der Waals surface area contributed by atoms with E-state index < -0.39 is 0 Å². The highest BCUT2D eigenvalue weighted by molar-refractivity contribution is 9.10. The number of nitriles is 1. The number of halogens is 1. The molecule has 1 aliphatic rings. The van der Waals surface area contributed by atoms with Crippen LogP contribution in [-0.2, 0) is 11.4 Å². The van der Waals surface area contributed by atoms with Crippen molar-refractivity contribution in [2.45, 2.75) is 6.61 Å². The Kier molecular flexibility index (Phi) is 5.45. The first-order valence-corrected chi connectivity index (χ1v) is 9.22. The summed E-state index contributed by atoms with van der Waals surface area (Å²) in [6.07, 6.45) is 1.67. The molecule has 2 aromatic rings. The van der Waals surface area contributed by atoms with Gasteiger partial charge in [0.1, 0.15) is 12.4 Å². The third-order valence-electron chi connectivity index (χ3n) is 3.76. The van der Waals surface area contributed by atoms with Crippen LogP contribution in [0.15, 0.2) is 51.8 Å². The molecular formula is C19H13BrN2O3S. The molecule has 0 saturated carbocycles. The maximum absolute atomic E-state index is 11.9. The van der Waals surface area contributed by atoms with E-state index in [4.69, 9.17) is 10.00 Å². The number of benzene rings is 2. The molecule has 0 aromatic heterocycles. The average Bonchev–Trinajstić information content (AvgIpc) is 2.88. The molecular weight excluding hydrogens is 416 g/mol. The summed E-state index contributed by atoms with van der Waals surface area (Å²) in [6.45, 7) is 0.274. The van der Waals surface area contributed by atoms with Crippen LogP contribution in [0.25, 0.3) is 6.08 Å². The molecule has 1 saturated heterocycles. The summed E-state index contributed by atoms with van der Waals surface area (Å²) in [4.78, 5) is 25.0. The molecule has 5 nitrogen and oxygen atoms in total. The molecule has 2 aromatic carbocycles. The van der Waals surface area contributed by atoms with Gasteiger partial charge in [-0.25, -0.2) is 0 Å². The van der Waals surface area contributed by atoms with Crippen LogP contribution < -0.4 is 4.74 Å². The van der Waals surface area contributed by atoms with Crippen LogP contribution in [0.5, 0.6) is 5.75 Å². The predicted molar refractivity (Wildman–Crippen MR) is 103 cm³/mol. The third-order valence-corrected chi connectivity index (χ3v) is 5.34. The van der Waals surface area contributed by atoms with Crippen LogP contribution in [0, 0.1) is 11.3 Å². The topological polar surface area (TPSA) is 70.4 Å². The monoisotopic (exact) mass is 428 g/mol. The van der Waals surface area contributed by atoms with Crippen LogP contribution in [-0.4, -0.2) is 23.1 Å². The Morgan fingerprint density at radius 2 is 2.04 bits per heavy atom. The van der Waals surface area contributed by atoms with Gasteiger partial charge in [-0.2, -0.15) is 5.26 Å². The lowest BCUT2D eigenvalue weighted by Crippen LogP contribution is -2.22. The summed E-state index contributed by atoms with van der Waals surface area (Å²) in [5.41, 5.74) is 2.17. The summed E-state index contributed by atoms with van der Waals surface area (Å²) < 4.78 is 6.51. The molecule has 2 amide bonds. The quantitative estimate of drug-likeness (QED) is 0.667. The number of hydrogen-bond donors (Lipinski definition) is 0. The SMILES string of the molecule is CN1C(=O)S/C(=C\c2ccc(OCc3ccccc3C#N)c(Br)c2)C1=O. The van der Waals surface area contributed by atoms with Crippen molar-refractivity contribution in [3.8, 4) is 11.8 Å². The Morgan fingerprint density at radius 1 is 1.27 bits per heavy atom. The normalized spacial score (nSPS) is 15.4. The zero-order chi connectivity index (χ0) is 18.7. The lowest BCUT2D eigenvalue weighted by atomic mass is 10.1. The van der Waals surface area contributed by atoms with E-state index in [1.165, 1.54) is 7.05 Å². The molecule has 0 atom stereocenters. The number of carbonyl (C=O) groups excluding carboxylic acids is 2. The second kappa shape index (κ2) is 7.77. The van der Waals surface area contributed by atoms with Gasteiger partial charge in [0.2, 0.25) is 0 Å². The van der Waals surface area contributed by atoms with E-state index in [1.807, 2.05) is 24.3 Å². The lowest BCUT2D eigenvalue weighted by Gasteiger charge is -2.10. The minimum Gasteiger partial charge on any atom is -0.488 e. The Labute approximate surface area is 163 Å². The van der Waals surface area contributed by atoms with Crippen molar-refractivity contribution in [3.05, 3.63) is 68.5 Å². The van der Waals surface area contributed by atoms with Gasteiger partial charge < -0.3 is 4.74 Å². The molecule has 3 rings (SSSR count). The summed E-state index contributed by atoms with van der Waals surface area (Å²) in [5.74, 6) is 0.322. The fraction of sp³-hybridized carbons (Fsp3) is 0.105. The number of carbonyl (C=O) groups is 2. The fourth-order valence-corrected chi connectivity index (χ4v) is 3.67. The number of ether oxygens (including phenoxy) is 1. The van der Waals surface area contributed by atoms with E-state index in [9.17, 15) is 9.59 Å². The van der Waals surface area contributed by atoms with Crippen LogP contribution in [0.3, 0.4) is 0 Å². The van der Waals surface area contributed by atoms with Gasteiger partial charge in [-0.1, -0.05) is 24.3 Å². The Hall–Kier alpha value is -2.56. The molecule has 0 aliphatic carbocycles. The second-order valence-corrected chi connectivity index (χ2v) is 7.34. The smallest absolute Gasteiger partial charge is 0.293 e. The van der Waals surface area contributed by atoms with Gasteiger partial charge in [-0.3, -0.25) is 14.5 Å². The summed E-state index contributed by atoms with van der Waals surface area (Å²) >= 11 is 4.38. The Bertz CT molecular complexity index is 965. The molecule has 0 bridgehead atoms. The van der Waals surface area contributed by atoms with Crippen molar-refractivity contribution in [3.63, 3.8) is 0 Å². The maximum Gasteiger partial charge on any atom is 0.293 e. The zero-order valence-corrected chi connectivity index (χ0v) is 16.1. The maximum atomic E-state index is 11.9. The Morgan fingerprint density at radius 3 is 2.69 bits per heavy atom. The molecule has 26 heavy (non-hydrogen) atoms. The van der Waals surface area contributed by atoms with E-state index in [1.54, 1.807) is 24.3 Å². The predicted octanol–water partition coefficient (Wildman–Crippen LogP) is 4.57. The number of hydrogen-bond acceptors (Lipinski definition) is 5. The van der Waals surface area contributed by atoms with Gasteiger partial charge in [0.05, 0.1) is 21.0 Å². The zero-order valence-electron chi connectivity index (χ0n) is 13.7. The van der Waals surface area contributed by atoms with Crippen LogP contribution in [0.2, 0.25) is 0 Å². The van der Waals surface area contributed by atoms with Gasteiger partial charge in [0.15, 0.2) is 0 Å². The van der Waals surface area contributed by atoms with Crippen molar-refractivity contribution >= 4 is 44.9 Å². The first kappa shape index (κ1) is 18.2. The van der Waals surface area contributed by atoms with Crippen molar-refractivity contribution < 1.29 is 14.3 Å². The summed E-state index contributed by atoms with van der Waals surface area (Å²) in [6, 6.07) is 14.8. The third kappa shape index (κ3) is 3.82. The standard InChI is InChI=1S/C19H13BrN2O3S/c1-22-18(23)17(26-19(22)24)9-12-6-7-16(15(20)8-12)25-11-14-5-3-2-4-13(14)10-21/h2-9H,11H2,1H3/b17-9-. The molecule has 0 N–H and O–H groups in total. The van der Waals surface area contributed by atoms with Gasteiger partial charge in [0.25, 0.3) is 11.1 Å². The number of likely N-dealkylation sites (N-methyl/N-ethyl adjacent to an activating group) is 1. The largest absolute Gasteiger partial charge is 0.488 e. The highest BCUT2D eigenvalue weighted by atomic mass is 79.9. The van der Waals surface area contributed by atoms with Crippen LogP contribution in [0.4, 0.5) is 4.79 Å². The molecule has 1 aliphatic heterocycles. The van der Waals surface area contributed by atoms with Gasteiger partial charge >= 0.3 is 0 Å². The second-order valence-electron chi connectivity index (χ2n) is 5.49. The van der Waals surface area contributed by atoms with Crippen molar-refractivity contribution in [1.82, 2.24) is 4.90 Å². The first-order chi connectivity index (χ1) is 12.5. The molecule has 1 heterocycles. The van der Waals surface area contributed by atoms with E-state index in [0.29, 0.717) is 16.2 Å². The Balaban J connectivity index is 1.75. The van der Waals surface area contributed by atoms with E-state index in [-0.39, 0.29) is 17.8 Å². The molecule has 0 spiro atoms. The average molecular weight is 429 g/mol. The van der Waals surface area contributed by atoms with Gasteiger partial charge in [-0.05, 0) is 57.5 Å². The number of nitrogens with zero attached hydrogens (tertiary/aromatic N) is 2. The molecule has 0 radical (unpaired) electrons. The minimum atomic E-state index is -0.301. The minimum absolute atomic E-state index is 0.274. The van der Waals surface area contributed by atoms with E-state index >= 15 is 0 Å². The van der Waals surface area contributed by atoms with Gasteiger partial charge in [-0.15, -0.1) is 0 Å². The number of amides is 2. The highest BCUT2D eigenvalue weighted by Crippen LogP contribution is 2.33. The summed E-state index contributed by atoms with van der Waals surface area (Å²) in [7, 11) is 1.46. The molecule has 0 unspecified atom stereocenters. The molecule has 1 fully saturated rings. The highest BCUT2D eigenvalue weighted by Gasteiger charge is 2.31. The van der Waals surface area contributed by atoms with Crippen molar-refractivity contribution in [2.24, 2.45) is 0 Å². The van der Waals surface area contributed by atoms with E-state index in [0.717, 1.165) is 32.3 Å². The van der Waals surface area contributed by atoms with Gasteiger partial charge in [0, 0.05) is 12.6 Å². The van der Waals surface area contributed by atoms with Crippen molar-refractivity contribution in [1.29, 1.82) is 5.26 Å².